The number of amides is 2. The average Bonchev–Trinajstić information content (AvgIpc) is 2.71. The molecule has 0 aliphatic carbocycles. The molecule has 0 radical (unpaired) electrons. The van der Waals surface area contributed by atoms with Crippen LogP contribution in [0.2, 0.25) is 0 Å². The van der Waals surface area contributed by atoms with Crippen molar-refractivity contribution in [1.29, 1.82) is 0 Å². The first kappa shape index (κ1) is 20.8. The van der Waals surface area contributed by atoms with E-state index >= 15 is 0 Å². The molecule has 2 aromatic rings. The number of para-hydroxylation sites is 1. The quantitative estimate of drug-likeness (QED) is 0.483. The van der Waals surface area contributed by atoms with Gasteiger partial charge in [-0.2, -0.15) is 0 Å². The van der Waals surface area contributed by atoms with Crippen molar-refractivity contribution in [1.82, 2.24) is 10.6 Å². The molecule has 0 saturated heterocycles. The van der Waals surface area contributed by atoms with Crippen molar-refractivity contribution >= 4 is 23.6 Å². The van der Waals surface area contributed by atoms with Gasteiger partial charge in [0.05, 0.1) is 25.0 Å². The first-order chi connectivity index (χ1) is 13.2. The Hall–Kier alpha value is -2.51. The van der Waals surface area contributed by atoms with Crippen molar-refractivity contribution < 1.29 is 19.1 Å². The molecule has 6 nitrogen and oxygen atoms in total. The number of rotatable bonds is 10. The van der Waals surface area contributed by atoms with E-state index in [1.54, 1.807) is 26.4 Å². The molecule has 2 amide bonds. The minimum absolute atomic E-state index is 0.0960. The first-order valence-electron chi connectivity index (χ1n) is 8.53. The molecule has 0 aliphatic heterocycles. The van der Waals surface area contributed by atoms with Crippen LogP contribution in [0.5, 0.6) is 5.75 Å². The summed E-state index contributed by atoms with van der Waals surface area (Å²) < 4.78 is 10.2. The second-order valence-corrected chi connectivity index (χ2v) is 6.64. The predicted octanol–water partition coefficient (Wildman–Crippen LogP) is 2.48. The third-order valence-electron chi connectivity index (χ3n) is 3.75. The Kier molecular flexibility index (Phi) is 8.67. The lowest BCUT2D eigenvalue weighted by molar-refractivity contribution is -0.118. The monoisotopic (exact) mass is 388 g/mol. The van der Waals surface area contributed by atoms with Crippen LogP contribution in [0.3, 0.4) is 0 Å². The predicted molar refractivity (Wildman–Crippen MR) is 106 cm³/mol. The van der Waals surface area contributed by atoms with Crippen LogP contribution in [-0.4, -0.2) is 44.9 Å². The molecule has 2 N–H and O–H groups in total. The summed E-state index contributed by atoms with van der Waals surface area (Å²) >= 11 is 1.33. The summed E-state index contributed by atoms with van der Waals surface area (Å²) in [6.45, 7) is 1.30. The molecule has 0 atom stereocenters. The van der Waals surface area contributed by atoms with Crippen molar-refractivity contribution in [2.24, 2.45) is 0 Å². The highest BCUT2D eigenvalue weighted by molar-refractivity contribution is 8.00. The SMILES string of the molecule is COCCNC(=O)CSc1ccccc1C(=O)NCc1ccccc1OC. The number of hydrogen-bond donors (Lipinski definition) is 2. The van der Waals surface area contributed by atoms with Crippen LogP contribution >= 0.6 is 11.8 Å². The van der Waals surface area contributed by atoms with Crippen LogP contribution in [-0.2, 0) is 16.1 Å². The third-order valence-corrected chi connectivity index (χ3v) is 4.82. The molecule has 2 aromatic carbocycles. The van der Waals surface area contributed by atoms with E-state index in [4.69, 9.17) is 9.47 Å². The van der Waals surface area contributed by atoms with Crippen molar-refractivity contribution in [3.8, 4) is 5.75 Å². The number of ether oxygens (including phenoxy) is 2. The second kappa shape index (κ2) is 11.3. The fourth-order valence-electron chi connectivity index (χ4n) is 2.39. The molecule has 7 heteroatoms. The Balaban J connectivity index is 1.95. The molecule has 0 unspecified atom stereocenters. The van der Waals surface area contributed by atoms with E-state index < -0.39 is 0 Å². The van der Waals surface area contributed by atoms with Crippen LogP contribution in [0.4, 0.5) is 0 Å². The Morgan fingerprint density at radius 3 is 2.52 bits per heavy atom. The smallest absolute Gasteiger partial charge is 0.252 e. The maximum atomic E-state index is 12.6. The summed E-state index contributed by atoms with van der Waals surface area (Å²) in [5.41, 5.74) is 1.44. The van der Waals surface area contributed by atoms with E-state index in [0.29, 0.717) is 25.3 Å². The van der Waals surface area contributed by atoms with Crippen LogP contribution in [0.15, 0.2) is 53.4 Å². The number of methoxy groups -OCH3 is 2. The van der Waals surface area contributed by atoms with Gasteiger partial charge in [-0.1, -0.05) is 30.3 Å². The van der Waals surface area contributed by atoms with Gasteiger partial charge in [-0.15, -0.1) is 11.8 Å². The third kappa shape index (κ3) is 6.62. The van der Waals surface area contributed by atoms with E-state index in [1.165, 1.54) is 11.8 Å². The molecule has 0 spiro atoms. The Morgan fingerprint density at radius 1 is 1.00 bits per heavy atom. The highest BCUT2D eigenvalue weighted by Gasteiger charge is 2.13. The van der Waals surface area contributed by atoms with E-state index in [0.717, 1.165) is 16.2 Å². The number of nitrogens with one attached hydrogen (secondary N) is 2. The van der Waals surface area contributed by atoms with Crippen LogP contribution < -0.4 is 15.4 Å². The molecule has 0 bridgehead atoms. The van der Waals surface area contributed by atoms with Crippen molar-refractivity contribution in [3.63, 3.8) is 0 Å². The number of carbonyl (C=O) groups excluding carboxylic acids is 2. The Bertz CT molecular complexity index is 767. The van der Waals surface area contributed by atoms with Gasteiger partial charge in [0.25, 0.3) is 5.91 Å². The summed E-state index contributed by atoms with van der Waals surface area (Å²) in [4.78, 5) is 25.2. The molecule has 0 fully saturated rings. The lowest BCUT2D eigenvalue weighted by Gasteiger charge is -2.12. The molecule has 2 rings (SSSR count). The normalized spacial score (nSPS) is 10.3. The Labute approximate surface area is 163 Å². The fourth-order valence-corrected chi connectivity index (χ4v) is 3.27. The summed E-state index contributed by atoms with van der Waals surface area (Å²) in [5, 5.41) is 5.67. The number of benzene rings is 2. The topological polar surface area (TPSA) is 76.7 Å². The number of thioether (sulfide) groups is 1. The van der Waals surface area contributed by atoms with Gasteiger partial charge in [0.1, 0.15) is 5.75 Å². The summed E-state index contributed by atoms with van der Waals surface area (Å²) in [5.74, 6) is 0.679. The van der Waals surface area contributed by atoms with Crippen LogP contribution in [0.25, 0.3) is 0 Å². The van der Waals surface area contributed by atoms with E-state index in [-0.39, 0.29) is 17.6 Å². The van der Waals surface area contributed by atoms with Crippen molar-refractivity contribution in [2.45, 2.75) is 11.4 Å². The minimum Gasteiger partial charge on any atom is -0.496 e. The highest BCUT2D eigenvalue weighted by atomic mass is 32.2. The molecule has 0 saturated carbocycles. The van der Waals surface area contributed by atoms with E-state index in [9.17, 15) is 9.59 Å². The Morgan fingerprint density at radius 2 is 1.74 bits per heavy atom. The average molecular weight is 388 g/mol. The summed E-state index contributed by atoms with van der Waals surface area (Å²) in [7, 11) is 3.19. The van der Waals surface area contributed by atoms with E-state index in [1.807, 2.05) is 36.4 Å². The zero-order valence-electron chi connectivity index (χ0n) is 15.5. The van der Waals surface area contributed by atoms with Gasteiger partial charge in [-0.3, -0.25) is 9.59 Å². The molecule has 144 valence electrons. The van der Waals surface area contributed by atoms with E-state index in [2.05, 4.69) is 10.6 Å². The fraction of sp³-hybridized carbons (Fsp3) is 0.300. The molecule has 0 aromatic heterocycles. The molecule has 0 heterocycles. The van der Waals surface area contributed by atoms with Gasteiger partial charge in [0.2, 0.25) is 5.91 Å². The van der Waals surface area contributed by atoms with Crippen molar-refractivity contribution in [3.05, 3.63) is 59.7 Å². The highest BCUT2D eigenvalue weighted by Crippen LogP contribution is 2.23. The zero-order chi connectivity index (χ0) is 19.5. The first-order valence-corrected chi connectivity index (χ1v) is 9.51. The van der Waals surface area contributed by atoms with Crippen molar-refractivity contribution in [2.75, 3.05) is 33.1 Å². The van der Waals surface area contributed by atoms with Gasteiger partial charge in [-0.25, -0.2) is 0 Å². The molecule has 0 aliphatic rings. The summed E-state index contributed by atoms with van der Waals surface area (Å²) in [6.07, 6.45) is 0. The zero-order valence-corrected chi connectivity index (χ0v) is 16.3. The summed E-state index contributed by atoms with van der Waals surface area (Å²) in [6, 6.07) is 14.8. The van der Waals surface area contributed by atoms with Gasteiger partial charge in [0.15, 0.2) is 0 Å². The second-order valence-electron chi connectivity index (χ2n) is 5.62. The maximum Gasteiger partial charge on any atom is 0.252 e. The lowest BCUT2D eigenvalue weighted by atomic mass is 10.1. The lowest BCUT2D eigenvalue weighted by Crippen LogP contribution is -2.28. The van der Waals surface area contributed by atoms with Crippen LogP contribution in [0.1, 0.15) is 15.9 Å². The molecular weight excluding hydrogens is 364 g/mol. The molecule has 27 heavy (non-hydrogen) atoms. The standard InChI is InChI=1S/C20H24N2O4S/c1-25-12-11-21-19(23)14-27-18-10-6-4-8-16(18)20(24)22-13-15-7-3-5-9-17(15)26-2/h3-10H,11-14H2,1-2H3,(H,21,23)(H,22,24). The van der Waals surface area contributed by atoms with Gasteiger partial charge in [0, 0.05) is 30.7 Å². The number of hydrogen-bond acceptors (Lipinski definition) is 5. The van der Waals surface area contributed by atoms with Crippen LogP contribution in [0, 0.1) is 0 Å². The van der Waals surface area contributed by atoms with Gasteiger partial charge < -0.3 is 20.1 Å². The number of carbonyl (C=O) groups is 2. The van der Waals surface area contributed by atoms with Gasteiger partial charge >= 0.3 is 0 Å². The minimum atomic E-state index is -0.191. The van der Waals surface area contributed by atoms with Gasteiger partial charge in [-0.05, 0) is 18.2 Å². The molecular formula is C20H24N2O4S. The maximum absolute atomic E-state index is 12.6. The largest absolute Gasteiger partial charge is 0.496 e.